The number of ether oxygens (including phenoxy) is 2. The number of aliphatic hydroxyl groups excluding tert-OH is 1. The molecule has 0 spiro atoms. The molecule has 3 atom stereocenters. The van der Waals surface area contributed by atoms with Crippen LogP contribution in [0.15, 0.2) is 36.4 Å². The lowest BCUT2D eigenvalue weighted by Gasteiger charge is -2.28. The predicted molar refractivity (Wildman–Crippen MR) is 136 cm³/mol. The minimum Gasteiger partial charge on any atom is -0.466 e. The molecular formula is C28H37ClFNO4. The number of hydrogen-bond donors (Lipinski definition) is 1. The topological polar surface area (TPSA) is 59.0 Å². The van der Waals surface area contributed by atoms with Crippen molar-refractivity contribution in [2.45, 2.75) is 71.1 Å². The molecule has 7 heteroatoms. The summed E-state index contributed by atoms with van der Waals surface area (Å²) in [6, 6.07) is 11.1. The second kappa shape index (κ2) is 13.4. The van der Waals surface area contributed by atoms with Gasteiger partial charge in [-0.3, -0.25) is 9.69 Å². The number of benzene rings is 2. The van der Waals surface area contributed by atoms with Crippen molar-refractivity contribution in [1.29, 1.82) is 0 Å². The van der Waals surface area contributed by atoms with Crippen LogP contribution in [0.1, 0.15) is 61.5 Å². The van der Waals surface area contributed by atoms with Crippen LogP contribution < -0.4 is 0 Å². The smallest absolute Gasteiger partial charge is 0.306 e. The molecule has 1 N–H and O–H groups in total. The van der Waals surface area contributed by atoms with Gasteiger partial charge in [0.25, 0.3) is 0 Å². The lowest BCUT2D eigenvalue weighted by Crippen LogP contribution is -2.39. The van der Waals surface area contributed by atoms with Crippen molar-refractivity contribution >= 4 is 17.6 Å². The van der Waals surface area contributed by atoms with Crippen molar-refractivity contribution in [1.82, 2.24) is 4.90 Å². The van der Waals surface area contributed by atoms with E-state index in [1.165, 1.54) is 17.7 Å². The third kappa shape index (κ3) is 8.28. The van der Waals surface area contributed by atoms with E-state index in [4.69, 9.17) is 21.1 Å². The summed E-state index contributed by atoms with van der Waals surface area (Å²) < 4.78 is 24.9. The van der Waals surface area contributed by atoms with Crippen LogP contribution in [0.25, 0.3) is 0 Å². The Morgan fingerprint density at radius 1 is 1.29 bits per heavy atom. The van der Waals surface area contributed by atoms with Gasteiger partial charge in [0.15, 0.2) is 0 Å². The normalized spacial score (nSPS) is 17.9. The number of β-amino-alcohol motifs (C(OH)–C–C–N with tert-alkyl or cyclic N) is 1. The third-order valence-corrected chi connectivity index (χ3v) is 7.05. The third-order valence-electron chi connectivity index (χ3n) is 6.64. The largest absolute Gasteiger partial charge is 0.466 e. The Morgan fingerprint density at radius 3 is 2.83 bits per heavy atom. The maximum Gasteiger partial charge on any atom is 0.306 e. The van der Waals surface area contributed by atoms with Gasteiger partial charge in [-0.1, -0.05) is 29.8 Å². The summed E-state index contributed by atoms with van der Waals surface area (Å²) in [5, 5.41) is 11.5. The van der Waals surface area contributed by atoms with Gasteiger partial charge in [-0.2, -0.15) is 0 Å². The summed E-state index contributed by atoms with van der Waals surface area (Å²) in [6.45, 7) is 7.56. The predicted octanol–water partition coefficient (Wildman–Crippen LogP) is 5.43. The van der Waals surface area contributed by atoms with E-state index in [9.17, 15) is 14.3 Å². The monoisotopic (exact) mass is 505 g/mol. The molecule has 0 unspecified atom stereocenters. The molecule has 0 aliphatic carbocycles. The van der Waals surface area contributed by atoms with Crippen molar-refractivity contribution in [3.8, 4) is 0 Å². The first kappa shape index (κ1) is 27.6. The van der Waals surface area contributed by atoms with Crippen LogP contribution >= 0.6 is 11.6 Å². The highest BCUT2D eigenvalue weighted by Crippen LogP contribution is 2.26. The number of esters is 1. The molecule has 3 rings (SSSR count). The molecule has 2 aromatic rings. The molecule has 0 amide bonds. The van der Waals surface area contributed by atoms with Gasteiger partial charge in [0, 0.05) is 24.0 Å². The number of hydrogen-bond acceptors (Lipinski definition) is 5. The standard InChI is InChI=1S/C28H37ClFNO4/c1-4-34-28(33)12-10-22-9-11-23(30)16-26(22)20(3)35-18-25(32)17-31-13-5-6-24(31)14-21-8-7-19(2)27(29)15-21/h7-9,11,15-16,20,24-25,32H,4-6,10,12-14,17-18H2,1-3H3/t20-,24+,25-/m1/s1. The summed E-state index contributed by atoms with van der Waals surface area (Å²) in [7, 11) is 0. The van der Waals surface area contributed by atoms with Crippen LogP contribution in [-0.4, -0.2) is 54.4 Å². The van der Waals surface area contributed by atoms with Crippen LogP contribution in [0, 0.1) is 12.7 Å². The Bertz CT molecular complexity index is 985. The van der Waals surface area contributed by atoms with Crippen LogP contribution in [0.2, 0.25) is 5.02 Å². The zero-order chi connectivity index (χ0) is 25.4. The molecule has 1 aliphatic rings. The highest BCUT2D eigenvalue weighted by Gasteiger charge is 2.27. The fraction of sp³-hybridized carbons (Fsp3) is 0.536. The minimum atomic E-state index is -0.656. The number of aryl methyl sites for hydroxylation is 2. The molecule has 1 fully saturated rings. The summed E-state index contributed by atoms with van der Waals surface area (Å²) >= 11 is 6.29. The zero-order valence-corrected chi connectivity index (χ0v) is 21.7. The number of halogens is 2. The number of aliphatic hydroxyl groups is 1. The molecule has 192 valence electrons. The van der Waals surface area contributed by atoms with Crippen molar-refractivity contribution in [3.63, 3.8) is 0 Å². The summed E-state index contributed by atoms with van der Waals surface area (Å²) in [6.07, 6.45) is 2.69. The van der Waals surface area contributed by atoms with Crippen molar-refractivity contribution < 1.29 is 23.8 Å². The van der Waals surface area contributed by atoms with E-state index in [0.29, 0.717) is 31.2 Å². The number of rotatable bonds is 12. The van der Waals surface area contributed by atoms with Gasteiger partial charge in [-0.05, 0) is 93.5 Å². The van der Waals surface area contributed by atoms with Crippen LogP contribution in [0.3, 0.4) is 0 Å². The van der Waals surface area contributed by atoms with Gasteiger partial charge >= 0.3 is 5.97 Å². The molecule has 1 saturated heterocycles. The first-order valence-corrected chi connectivity index (χ1v) is 12.9. The molecule has 1 aliphatic heterocycles. The lowest BCUT2D eigenvalue weighted by atomic mass is 9.99. The quantitative estimate of drug-likeness (QED) is 0.390. The van der Waals surface area contributed by atoms with E-state index in [2.05, 4.69) is 17.0 Å². The summed E-state index contributed by atoms with van der Waals surface area (Å²) in [5.74, 6) is -0.633. The van der Waals surface area contributed by atoms with Gasteiger partial charge < -0.3 is 14.6 Å². The summed E-state index contributed by atoms with van der Waals surface area (Å²) in [5.41, 5.74) is 3.82. The fourth-order valence-electron chi connectivity index (χ4n) is 4.71. The maximum absolute atomic E-state index is 14.0. The Balaban J connectivity index is 1.53. The highest BCUT2D eigenvalue weighted by molar-refractivity contribution is 6.31. The number of carbonyl (C=O) groups is 1. The molecule has 2 aromatic carbocycles. The fourth-order valence-corrected chi connectivity index (χ4v) is 4.92. The van der Waals surface area contributed by atoms with Gasteiger partial charge in [-0.25, -0.2) is 4.39 Å². The van der Waals surface area contributed by atoms with E-state index in [0.717, 1.165) is 42.0 Å². The van der Waals surface area contributed by atoms with Gasteiger partial charge in [0.05, 0.1) is 25.4 Å². The first-order chi connectivity index (χ1) is 16.8. The average Bonchev–Trinajstić information content (AvgIpc) is 3.25. The number of carbonyl (C=O) groups excluding carboxylic acids is 1. The molecule has 1 heterocycles. The SMILES string of the molecule is CCOC(=O)CCc1ccc(F)cc1[C@@H](C)OC[C@H](O)CN1CCC[C@H]1Cc1ccc(C)c(Cl)c1. The Hall–Kier alpha value is -1.99. The van der Waals surface area contributed by atoms with Crippen LogP contribution in [-0.2, 0) is 27.1 Å². The van der Waals surface area contributed by atoms with Crippen LogP contribution in [0.5, 0.6) is 0 Å². The maximum atomic E-state index is 14.0. The second-order valence-electron chi connectivity index (χ2n) is 9.36. The van der Waals surface area contributed by atoms with E-state index in [-0.39, 0.29) is 24.8 Å². The lowest BCUT2D eigenvalue weighted by molar-refractivity contribution is -0.143. The Labute approximate surface area is 213 Å². The molecular weight excluding hydrogens is 469 g/mol. The first-order valence-electron chi connectivity index (χ1n) is 12.5. The van der Waals surface area contributed by atoms with Crippen molar-refractivity contribution in [2.24, 2.45) is 0 Å². The van der Waals surface area contributed by atoms with Gasteiger partial charge in [-0.15, -0.1) is 0 Å². The van der Waals surface area contributed by atoms with E-state index < -0.39 is 12.2 Å². The van der Waals surface area contributed by atoms with E-state index in [1.54, 1.807) is 13.0 Å². The van der Waals surface area contributed by atoms with E-state index in [1.807, 2.05) is 19.9 Å². The highest BCUT2D eigenvalue weighted by atomic mass is 35.5. The number of nitrogens with zero attached hydrogens (tertiary/aromatic N) is 1. The second-order valence-corrected chi connectivity index (χ2v) is 9.76. The molecule has 5 nitrogen and oxygen atoms in total. The zero-order valence-electron chi connectivity index (χ0n) is 20.9. The Morgan fingerprint density at radius 2 is 2.09 bits per heavy atom. The van der Waals surface area contributed by atoms with Crippen molar-refractivity contribution in [3.05, 3.63) is 69.5 Å². The molecule has 0 saturated carbocycles. The molecule has 35 heavy (non-hydrogen) atoms. The molecule has 0 aromatic heterocycles. The van der Waals surface area contributed by atoms with Gasteiger partial charge in [0.1, 0.15) is 5.82 Å². The minimum absolute atomic E-state index is 0.147. The number of likely N-dealkylation sites (tertiary alicyclic amines) is 1. The molecule has 0 bridgehead atoms. The molecule has 0 radical (unpaired) electrons. The van der Waals surface area contributed by atoms with Crippen LogP contribution in [0.4, 0.5) is 4.39 Å². The summed E-state index contributed by atoms with van der Waals surface area (Å²) in [4.78, 5) is 14.1. The van der Waals surface area contributed by atoms with E-state index >= 15 is 0 Å². The Kier molecular flexibility index (Phi) is 10.5. The van der Waals surface area contributed by atoms with Crippen molar-refractivity contribution in [2.75, 3.05) is 26.3 Å². The average molecular weight is 506 g/mol. The van der Waals surface area contributed by atoms with Gasteiger partial charge in [0.2, 0.25) is 0 Å².